The number of imidazole rings is 1. The van der Waals surface area contributed by atoms with Crippen LogP contribution in [-0.4, -0.2) is 54.8 Å². The van der Waals surface area contributed by atoms with E-state index in [4.69, 9.17) is 4.74 Å². The fourth-order valence-electron chi connectivity index (χ4n) is 2.02. The molecule has 0 amide bonds. The monoisotopic (exact) mass is 288 g/mol. The molecule has 0 aromatic carbocycles. The van der Waals surface area contributed by atoms with Crippen LogP contribution in [0.2, 0.25) is 0 Å². The molecule has 1 aromatic heterocycles. The standard InChI is InChI=1S/C10H17BrN4O/c1-12-6-8(9-10(11)14-7-13-9)15-2-4-16-5-3-15/h7-8,12H,2-6H2,1H3,(H,13,14). The van der Waals surface area contributed by atoms with Crippen LogP contribution in [0, 0.1) is 0 Å². The molecule has 0 aliphatic carbocycles. The minimum Gasteiger partial charge on any atom is -0.379 e. The zero-order chi connectivity index (χ0) is 11.4. The van der Waals surface area contributed by atoms with Crippen molar-refractivity contribution in [1.29, 1.82) is 0 Å². The van der Waals surface area contributed by atoms with Crippen LogP contribution in [0.4, 0.5) is 0 Å². The Morgan fingerprint density at radius 2 is 2.38 bits per heavy atom. The van der Waals surface area contributed by atoms with E-state index in [1.54, 1.807) is 6.33 Å². The Morgan fingerprint density at radius 1 is 1.62 bits per heavy atom. The van der Waals surface area contributed by atoms with Crippen LogP contribution in [0.25, 0.3) is 0 Å². The van der Waals surface area contributed by atoms with E-state index in [0.717, 1.165) is 43.1 Å². The van der Waals surface area contributed by atoms with Gasteiger partial charge in [0.25, 0.3) is 0 Å². The largest absolute Gasteiger partial charge is 0.379 e. The molecule has 0 bridgehead atoms. The highest BCUT2D eigenvalue weighted by molar-refractivity contribution is 9.10. The second kappa shape index (κ2) is 5.77. The van der Waals surface area contributed by atoms with E-state index in [-0.39, 0.29) is 0 Å². The molecule has 2 N–H and O–H groups in total. The maximum atomic E-state index is 5.38. The van der Waals surface area contributed by atoms with Gasteiger partial charge in [-0.05, 0) is 23.0 Å². The van der Waals surface area contributed by atoms with E-state index in [1.807, 2.05) is 7.05 Å². The third kappa shape index (κ3) is 2.63. The summed E-state index contributed by atoms with van der Waals surface area (Å²) in [6.07, 6.45) is 1.72. The molecule has 5 nitrogen and oxygen atoms in total. The van der Waals surface area contributed by atoms with Crippen molar-refractivity contribution in [3.8, 4) is 0 Å². The number of ether oxygens (including phenoxy) is 1. The molecule has 1 fully saturated rings. The summed E-state index contributed by atoms with van der Waals surface area (Å²) in [4.78, 5) is 9.81. The number of hydrogen-bond acceptors (Lipinski definition) is 4. The van der Waals surface area contributed by atoms with Gasteiger partial charge in [-0.15, -0.1) is 0 Å². The second-order valence-electron chi connectivity index (χ2n) is 3.83. The predicted octanol–water partition coefficient (Wildman–Crippen LogP) is 0.765. The van der Waals surface area contributed by atoms with Gasteiger partial charge in [-0.2, -0.15) is 0 Å². The molecule has 1 aliphatic rings. The van der Waals surface area contributed by atoms with Crippen molar-refractivity contribution in [3.63, 3.8) is 0 Å². The Hall–Kier alpha value is -0.430. The molecule has 2 rings (SSSR count). The van der Waals surface area contributed by atoms with Crippen molar-refractivity contribution in [2.75, 3.05) is 39.9 Å². The molecule has 1 atom stereocenters. The molecular formula is C10H17BrN4O. The number of halogens is 1. The summed E-state index contributed by atoms with van der Waals surface area (Å²) in [5, 5.41) is 3.23. The van der Waals surface area contributed by atoms with E-state index in [0.29, 0.717) is 6.04 Å². The van der Waals surface area contributed by atoms with Gasteiger partial charge < -0.3 is 15.0 Å². The summed E-state index contributed by atoms with van der Waals surface area (Å²) in [7, 11) is 1.97. The number of nitrogens with one attached hydrogen (secondary N) is 2. The first-order valence-electron chi connectivity index (χ1n) is 5.48. The number of morpholine rings is 1. The van der Waals surface area contributed by atoms with E-state index in [2.05, 4.69) is 36.1 Å². The number of hydrogen-bond donors (Lipinski definition) is 2. The van der Waals surface area contributed by atoms with Crippen LogP contribution in [0.3, 0.4) is 0 Å². The Balaban J connectivity index is 2.12. The van der Waals surface area contributed by atoms with Crippen LogP contribution in [0.5, 0.6) is 0 Å². The number of nitrogens with zero attached hydrogens (tertiary/aromatic N) is 2. The minimum absolute atomic E-state index is 0.325. The lowest BCUT2D eigenvalue weighted by molar-refractivity contribution is 0.0156. The smallest absolute Gasteiger partial charge is 0.128 e. The molecule has 6 heteroatoms. The van der Waals surface area contributed by atoms with Gasteiger partial charge in [0.15, 0.2) is 0 Å². The number of aromatic amines is 1. The van der Waals surface area contributed by atoms with Crippen molar-refractivity contribution < 1.29 is 4.74 Å². The van der Waals surface area contributed by atoms with Crippen molar-refractivity contribution in [3.05, 3.63) is 16.6 Å². The highest BCUT2D eigenvalue weighted by Crippen LogP contribution is 2.24. The molecular weight excluding hydrogens is 272 g/mol. The highest BCUT2D eigenvalue weighted by atomic mass is 79.9. The van der Waals surface area contributed by atoms with Gasteiger partial charge in [0.2, 0.25) is 0 Å². The first-order chi connectivity index (χ1) is 7.83. The second-order valence-corrected chi connectivity index (χ2v) is 4.58. The molecule has 90 valence electrons. The molecule has 0 saturated carbocycles. The molecule has 16 heavy (non-hydrogen) atoms. The van der Waals surface area contributed by atoms with Crippen molar-refractivity contribution >= 4 is 15.9 Å². The van der Waals surface area contributed by atoms with Crippen molar-refractivity contribution in [2.24, 2.45) is 0 Å². The van der Waals surface area contributed by atoms with E-state index in [9.17, 15) is 0 Å². The van der Waals surface area contributed by atoms with E-state index in [1.165, 1.54) is 0 Å². The van der Waals surface area contributed by atoms with Gasteiger partial charge in [0.05, 0.1) is 31.3 Å². The SMILES string of the molecule is CNCC(c1[nH]cnc1Br)N1CCOCC1. The van der Waals surface area contributed by atoms with Crippen LogP contribution in [-0.2, 0) is 4.74 Å². The minimum atomic E-state index is 0.325. The van der Waals surface area contributed by atoms with Gasteiger partial charge in [0.1, 0.15) is 4.60 Å². The van der Waals surface area contributed by atoms with Gasteiger partial charge >= 0.3 is 0 Å². The lowest BCUT2D eigenvalue weighted by atomic mass is 10.1. The van der Waals surface area contributed by atoms with Crippen LogP contribution >= 0.6 is 15.9 Å². The number of aromatic nitrogens is 2. The Kier molecular flexibility index (Phi) is 4.34. The van der Waals surface area contributed by atoms with Crippen molar-refractivity contribution in [1.82, 2.24) is 20.2 Å². The number of likely N-dealkylation sites (N-methyl/N-ethyl adjacent to an activating group) is 1. The molecule has 1 saturated heterocycles. The normalized spacial score (nSPS) is 19.9. The quantitative estimate of drug-likeness (QED) is 0.859. The fraction of sp³-hybridized carbons (Fsp3) is 0.700. The Bertz CT molecular complexity index is 324. The summed E-state index contributed by atoms with van der Waals surface area (Å²) < 4.78 is 6.28. The molecule has 0 radical (unpaired) electrons. The zero-order valence-electron chi connectivity index (χ0n) is 9.37. The van der Waals surface area contributed by atoms with Gasteiger partial charge in [-0.3, -0.25) is 4.90 Å². The van der Waals surface area contributed by atoms with E-state index < -0.39 is 0 Å². The number of H-pyrrole nitrogens is 1. The summed E-state index contributed by atoms with van der Waals surface area (Å²) in [6.45, 7) is 4.47. The van der Waals surface area contributed by atoms with Gasteiger partial charge in [-0.25, -0.2) is 4.98 Å². The molecule has 0 spiro atoms. The average molecular weight is 289 g/mol. The van der Waals surface area contributed by atoms with Gasteiger partial charge in [0, 0.05) is 19.6 Å². The van der Waals surface area contributed by atoms with Crippen molar-refractivity contribution in [2.45, 2.75) is 6.04 Å². The predicted molar refractivity (Wildman–Crippen MR) is 65.3 cm³/mol. The van der Waals surface area contributed by atoms with Crippen LogP contribution in [0.15, 0.2) is 10.9 Å². The summed E-state index contributed by atoms with van der Waals surface area (Å²) in [5.74, 6) is 0. The summed E-state index contributed by atoms with van der Waals surface area (Å²) in [6, 6.07) is 0.325. The third-order valence-electron chi connectivity index (χ3n) is 2.84. The Labute approximate surface area is 104 Å². The first-order valence-corrected chi connectivity index (χ1v) is 6.27. The topological polar surface area (TPSA) is 53.2 Å². The Morgan fingerprint density at radius 3 is 2.94 bits per heavy atom. The average Bonchev–Trinajstić information content (AvgIpc) is 2.73. The van der Waals surface area contributed by atoms with Gasteiger partial charge in [-0.1, -0.05) is 0 Å². The summed E-state index contributed by atoms with van der Waals surface area (Å²) >= 11 is 3.48. The zero-order valence-corrected chi connectivity index (χ0v) is 11.0. The highest BCUT2D eigenvalue weighted by Gasteiger charge is 2.24. The molecule has 1 aliphatic heterocycles. The number of rotatable bonds is 4. The first kappa shape index (κ1) is 12.0. The molecule has 2 heterocycles. The van der Waals surface area contributed by atoms with Crippen LogP contribution < -0.4 is 5.32 Å². The summed E-state index contributed by atoms with van der Waals surface area (Å²) in [5.41, 5.74) is 1.14. The maximum absolute atomic E-state index is 5.38. The third-order valence-corrected chi connectivity index (χ3v) is 3.47. The lowest BCUT2D eigenvalue weighted by Gasteiger charge is -2.33. The molecule has 1 aromatic rings. The van der Waals surface area contributed by atoms with Crippen LogP contribution in [0.1, 0.15) is 11.7 Å². The van der Waals surface area contributed by atoms with E-state index >= 15 is 0 Å². The molecule has 1 unspecified atom stereocenters. The lowest BCUT2D eigenvalue weighted by Crippen LogP contribution is -2.42. The fourth-order valence-corrected chi connectivity index (χ4v) is 2.50. The maximum Gasteiger partial charge on any atom is 0.128 e.